The number of hydrogen-bond donors (Lipinski definition) is 1. The summed E-state index contributed by atoms with van der Waals surface area (Å²) in [6.45, 7) is 5.15. The third-order valence-corrected chi connectivity index (χ3v) is 3.82. The van der Waals surface area contributed by atoms with Gasteiger partial charge in [-0.15, -0.1) is 0 Å². The van der Waals surface area contributed by atoms with Crippen molar-refractivity contribution in [1.29, 1.82) is 0 Å². The largest absolute Gasteiger partial charge is 0.306 e. The molecule has 1 heterocycles. The maximum Gasteiger partial charge on any atom is 0.0372 e. The van der Waals surface area contributed by atoms with E-state index in [1.165, 1.54) is 36.8 Å². The first-order valence-corrected chi connectivity index (χ1v) is 7.99. The van der Waals surface area contributed by atoms with E-state index in [4.69, 9.17) is 0 Å². The van der Waals surface area contributed by atoms with E-state index in [1.807, 2.05) is 13.1 Å². The highest BCUT2D eigenvalue weighted by Gasteiger charge is 2.10. The molecule has 2 heteroatoms. The van der Waals surface area contributed by atoms with Crippen molar-refractivity contribution in [3.05, 3.63) is 65.5 Å². The van der Waals surface area contributed by atoms with Crippen LogP contribution in [0.1, 0.15) is 55.5 Å². The zero-order valence-corrected chi connectivity index (χ0v) is 13.2. The van der Waals surface area contributed by atoms with Crippen molar-refractivity contribution in [3.8, 4) is 0 Å². The number of unbranched alkanes of at least 4 members (excludes halogenated alkanes) is 2. The first-order valence-electron chi connectivity index (χ1n) is 7.99. The molecule has 1 aromatic heterocycles. The summed E-state index contributed by atoms with van der Waals surface area (Å²) in [4.78, 5) is 4.37. The molecule has 2 nitrogen and oxygen atoms in total. The molecule has 0 radical (unpaired) electrons. The molecule has 2 aromatic rings. The Bertz CT molecular complexity index is 505. The second-order valence-electron chi connectivity index (χ2n) is 5.65. The quantitative estimate of drug-likeness (QED) is 0.703. The minimum atomic E-state index is 0.430. The Balaban J connectivity index is 1.96. The Hall–Kier alpha value is -1.67. The third kappa shape index (κ3) is 5.31. The van der Waals surface area contributed by atoms with E-state index in [2.05, 4.69) is 59.7 Å². The van der Waals surface area contributed by atoms with E-state index in [-0.39, 0.29) is 0 Å². The molecule has 0 aliphatic rings. The highest BCUT2D eigenvalue weighted by Crippen LogP contribution is 2.20. The first-order chi connectivity index (χ1) is 10.3. The maximum absolute atomic E-state index is 4.37. The fourth-order valence-corrected chi connectivity index (χ4v) is 2.51. The number of aryl methyl sites for hydroxylation is 1. The molecule has 2 rings (SSSR count). The Morgan fingerprint density at radius 1 is 1.05 bits per heavy atom. The van der Waals surface area contributed by atoms with E-state index in [0.717, 1.165) is 12.2 Å². The standard InChI is InChI=1S/C19H26N2/c1-3-4-6-11-19(18-9-7-5-8-10-18)21-15-17-13-12-16(2)20-14-17/h5,7-10,12-14,19,21H,3-4,6,11,15H2,1-2H3. The van der Waals surface area contributed by atoms with Crippen LogP contribution in [0, 0.1) is 6.92 Å². The van der Waals surface area contributed by atoms with Crippen LogP contribution in [-0.2, 0) is 6.54 Å². The van der Waals surface area contributed by atoms with E-state index in [1.54, 1.807) is 0 Å². The van der Waals surface area contributed by atoms with Crippen LogP contribution in [0.15, 0.2) is 48.7 Å². The van der Waals surface area contributed by atoms with Gasteiger partial charge in [0.05, 0.1) is 0 Å². The first kappa shape index (κ1) is 15.7. The molecule has 0 aliphatic heterocycles. The fourth-order valence-electron chi connectivity index (χ4n) is 2.51. The van der Waals surface area contributed by atoms with Gasteiger partial charge in [-0.1, -0.05) is 62.6 Å². The van der Waals surface area contributed by atoms with E-state index >= 15 is 0 Å². The molecular weight excluding hydrogens is 256 g/mol. The molecule has 0 aliphatic carbocycles. The minimum absolute atomic E-state index is 0.430. The van der Waals surface area contributed by atoms with Crippen molar-refractivity contribution in [1.82, 2.24) is 10.3 Å². The second-order valence-corrected chi connectivity index (χ2v) is 5.65. The van der Waals surface area contributed by atoms with Crippen LogP contribution in [0.3, 0.4) is 0 Å². The molecule has 0 fully saturated rings. The molecular formula is C19H26N2. The van der Waals surface area contributed by atoms with Gasteiger partial charge in [0.25, 0.3) is 0 Å². The SMILES string of the molecule is CCCCCC(NCc1ccc(C)nc1)c1ccccc1. The Morgan fingerprint density at radius 2 is 1.86 bits per heavy atom. The predicted octanol–water partition coefficient (Wildman–Crippen LogP) is 4.80. The minimum Gasteiger partial charge on any atom is -0.306 e. The van der Waals surface area contributed by atoms with Crippen LogP contribution >= 0.6 is 0 Å². The van der Waals surface area contributed by atoms with Crippen molar-refractivity contribution in [3.63, 3.8) is 0 Å². The van der Waals surface area contributed by atoms with Crippen molar-refractivity contribution in [2.45, 2.75) is 52.1 Å². The number of rotatable bonds is 8. The van der Waals surface area contributed by atoms with E-state index in [0.29, 0.717) is 6.04 Å². The number of benzene rings is 1. The zero-order valence-electron chi connectivity index (χ0n) is 13.2. The van der Waals surface area contributed by atoms with Crippen LogP contribution in [0.4, 0.5) is 0 Å². The van der Waals surface area contributed by atoms with Gasteiger partial charge in [0.2, 0.25) is 0 Å². The Kier molecular flexibility index (Phi) is 6.42. The molecule has 21 heavy (non-hydrogen) atoms. The lowest BCUT2D eigenvalue weighted by Crippen LogP contribution is -2.21. The van der Waals surface area contributed by atoms with Gasteiger partial charge in [0, 0.05) is 24.5 Å². The van der Waals surface area contributed by atoms with Crippen molar-refractivity contribution >= 4 is 0 Å². The summed E-state index contributed by atoms with van der Waals surface area (Å²) in [6, 6.07) is 15.4. The lowest BCUT2D eigenvalue weighted by atomic mass is 10.00. The Labute approximate surface area is 128 Å². The average molecular weight is 282 g/mol. The highest BCUT2D eigenvalue weighted by atomic mass is 14.9. The van der Waals surface area contributed by atoms with Crippen LogP contribution in [0.2, 0.25) is 0 Å². The number of nitrogens with zero attached hydrogens (tertiary/aromatic N) is 1. The van der Waals surface area contributed by atoms with Gasteiger partial charge < -0.3 is 5.32 Å². The fraction of sp³-hybridized carbons (Fsp3) is 0.421. The smallest absolute Gasteiger partial charge is 0.0372 e. The van der Waals surface area contributed by atoms with Crippen molar-refractivity contribution in [2.75, 3.05) is 0 Å². The molecule has 0 saturated carbocycles. The van der Waals surface area contributed by atoms with Crippen LogP contribution < -0.4 is 5.32 Å². The van der Waals surface area contributed by atoms with E-state index in [9.17, 15) is 0 Å². The number of pyridine rings is 1. The summed E-state index contributed by atoms with van der Waals surface area (Å²) in [5.74, 6) is 0. The summed E-state index contributed by atoms with van der Waals surface area (Å²) >= 11 is 0. The van der Waals surface area contributed by atoms with Crippen LogP contribution in [-0.4, -0.2) is 4.98 Å². The highest BCUT2D eigenvalue weighted by molar-refractivity contribution is 5.19. The molecule has 1 atom stereocenters. The lowest BCUT2D eigenvalue weighted by molar-refractivity contribution is 0.473. The molecule has 112 valence electrons. The lowest BCUT2D eigenvalue weighted by Gasteiger charge is -2.19. The van der Waals surface area contributed by atoms with Crippen molar-refractivity contribution in [2.24, 2.45) is 0 Å². The number of hydrogen-bond acceptors (Lipinski definition) is 2. The summed E-state index contributed by atoms with van der Waals surface area (Å²) in [5, 5.41) is 3.69. The topological polar surface area (TPSA) is 24.9 Å². The molecule has 1 aromatic carbocycles. The molecule has 0 spiro atoms. The van der Waals surface area contributed by atoms with Gasteiger partial charge in [-0.2, -0.15) is 0 Å². The predicted molar refractivity (Wildman–Crippen MR) is 89.1 cm³/mol. The third-order valence-electron chi connectivity index (χ3n) is 3.82. The summed E-state index contributed by atoms with van der Waals surface area (Å²) in [5.41, 5.74) is 3.70. The number of aromatic nitrogens is 1. The summed E-state index contributed by atoms with van der Waals surface area (Å²) in [6.07, 6.45) is 7.00. The van der Waals surface area contributed by atoms with Crippen LogP contribution in [0.25, 0.3) is 0 Å². The van der Waals surface area contributed by atoms with Gasteiger partial charge in [-0.3, -0.25) is 4.98 Å². The average Bonchev–Trinajstić information content (AvgIpc) is 2.53. The van der Waals surface area contributed by atoms with Gasteiger partial charge in [-0.25, -0.2) is 0 Å². The molecule has 0 bridgehead atoms. The summed E-state index contributed by atoms with van der Waals surface area (Å²) < 4.78 is 0. The number of nitrogens with one attached hydrogen (secondary N) is 1. The normalized spacial score (nSPS) is 12.3. The molecule has 0 saturated heterocycles. The van der Waals surface area contributed by atoms with Gasteiger partial charge >= 0.3 is 0 Å². The summed E-state index contributed by atoms with van der Waals surface area (Å²) in [7, 11) is 0. The Morgan fingerprint density at radius 3 is 2.52 bits per heavy atom. The zero-order chi connectivity index (χ0) is 14.9. The maximum atomic E-state index is 4.37. The van der Waals surface area contributed by atoms with Gasteiger partial charge in [-0.05, 0) is 30.5 Å². The van der Waals surface area contributed by atoms with Gasteiger partial charge in [0.15, 0.2) is 0 Å². The molecule has 0 amide bonds. The monoisotopic (exact) mass is 282 g/mol. The van der Waals surface area contributed by atoms with Gasteiger partial charge in [0.1, 0.15) is 0 Å². The molecule has 1 unspecified atom stereocenters. The van der Waals surface area contributed by atoms with E-state index < -0.39 is 0 Å². The second kappa shape index (κ2) is 8.58. The van der Waals surface area contributed by atoms with Crippen molar-refractivity contribution < 1.29 is 0 Å². The molecule has 1 N–H and O–H groups in total. The van der Waals surface area contributed by atoms with Crippen LogP contribution in [0.5, 0.6) is 0 Å².